The van der Waals surface area contributed by atoms with Gasteiger partial charge in [-0.15, -0.1) is 0 Å². The topological polar surface area (TPSA) is 0 Å². The van der Waals surface area contributed by atoms with E-state index in [1.54, 1.807) is 0 Å². The highest BCUT2D eigenvalue weighted by Gasteiger charge is 2.30. The minimum Gasteiger partial charge on any atom is -0.0654 e. The van der Waals surface area contributed by atoms with Gasteiger partial charge in [0, 0.05) is 0 Å². The van der Waals surface area contributed by atoms with Crippen molar-refractivity contribution in [1.82, 2.24) is 0 Å². The first-order chi connectivity index (χ1) is 26.2. The highest BCUT2D eigenvalue weighted by Crippen LogP contribution is 2.42. The maximum Gasteiger partial charge on any atom is -0.0329 e. The molecule has 3 unspecified atom stereocenters. The molecule has 0 nitrogen and oxygen atoms in total. The zero-order valence-corrected chi connectivity index (χ0v) is 43.7. The van der Waals surface area contributed by atoms with E-state index in [0.29, 0.717) is 10.8 Å². The summed E-state index contributed by atoms with van der Waals surface area (Å²) in [6, 6.07) is 0. The Balaban J connectivity index is -0.000000568. The van der Waals surface area contributed by atoms with Crippen LogP contribution < -0.4 is 0 Å². The van der Waals surface area contributed by atoms with Crippen LogP contribution in [0.25, 0.3) is 0 Å². The highest BCUT2D eigenvalue weighted by molar-refractivity contribution is 4.81. The van der Waals surface area contributed by atoms with Crippen LogP contribution >= 0.6 is 0 Å². The summed E-state index contributed by atoms with van der Waals surface area (Å²) >= 11 is 0. The summed E-state index contributed by atoms with van der Waals surface area (Å²) in [5.41, 5.74) is 1.19. The summed E-state index contributed by atoms with van der Waals surface area (Å²) in [4.78, 5) is 0. The van der Waals surface area contributed by atoms with Gasteiger partial charge < -0.3 is 0 Å². The first kappa shape index (κ1) is 60.3. The summed E-state index contributed by atoms with van der Waals surface area (Å²) in [6.07, 6.45) is 34.7. The maximum atomic E-state index is 2.38. The van der Waals surface area contributed by atoms with Crippen molar-refractivity contribution in [1.29, 1.82) is 0 Å². The van der Waals surface area contributed by atoms with Gasteiger partial charge in [0.05, 0.1) is 0 Å². The molecule has 0 saturated heterocycles. The van der Waals surface area contributed by atoms with Gasteiger partial charge in [-0.25, -0.2) is 0 Å². The van der Waals surface area contributed by atoms with Crippen LogP contribution in [-0.4, -0.2) is 0 Å². The normalized spacial score (nSPS) is 27.4. The van der Waals surface area contributed by atoms with Crippen molar-refractivity contribution in [2.45, 2.75) is 293 Å². The average molecular weight is 792 g/mol. The molecule has 0 amide bonds. The van der Waals surface area contributed by atoms with Crippen molar-refractivity contribution < 1.29 is 0 Å². The second kappa shape index (κ2) is 36.8. The Bertz CT molecular complexity index is 744. The van der Waals surface area contributed by atoms with Crippen molar-refractivity contribution >= 4 is 0 Å². The Morgan fingerprint density at radius 2 is 0.893 bits per heavy atom. The zero-order chi connectivity index (χ0) is 43.7. The minimum atomic E-state index is 0.542. The Morgan fingerprint density at radius 1 is 0.500 bits per heavy atom. The van der Waals surface area contributed by atoms with E-state index in [1.165, 1.54) is 154 Å². The van der Waals surface area contributed by atoms with Crippen LogP contribution in [0.1, 0.15) is 293 Å². The number of hydrogen-bond donors (Lipinski definition) is 0. The molecule has 6 rings (SSSR count). The average Bonchev–Trinajstić information content (AvgIpc) is 3.44. The Hall–Kier alpha value is 0. The number of hydrogen-bond acceptors (Lipinski definition) is 0. The molecule has 0 aliphatic heterocycles. The molecule has 6 aliphatic rings. The van der Waals surface area contributed by atoms with Crippen molar-refractivity contribution in [2.75, 3.05) is 0 Å². The van der Waals surface area contributed by atoms with E-state index in [0.717, 1.165) is 59.2 Å². The van der Waals surface area contributed by atoms with Crippen molar-refractivity contribution in [3.05, 3.63) is 0 Å². The van der Waals surface area contributed by atoms with Crippen LogP contribution in [0.5, 0.6) is 0 Å². The van der Waals surface area contributed by atoms with E-state index >= 15 is 0 Å². The van der Waals surface area contributed by atoms with Gasteiger partial charge >= 0.3 is 0 Å². The Labute approximate surface area is 361 Å². The van der Waals surface area contributed by atoms with Crippen molar-refractivity contribution in [3.63, 3.8) is 0 Å². The third-order valence-corrected chi connectivity index (χ3v) is 15.3. The molecule has 56 heavy (non-hydrogen) atoms. The summed E-state index contributed by atoms with van der Waals surface area (Å²) < 4.78 is 0. The molecule has 6 fully saturated rings. The lowest BCUT2D eigenvalue weighted by atomic mass is 9.83. The highest BCUT2D eigenvalue weighted by atomic mass is 14.4. The van der Waals surface area contributed by atoms with E-state index in [2.05, 4.69) is 138 Å². The van der Waals surface area contributed by atoms with E-state index in [9.17, 15) is 0 Å². The Kier molecular flexibility index (Phi) is 39.6. The molecule has 6 aliphatic carbocycles. The number of rotatable bonds is 5. The van der Waals surface area contributed by atoms with Crippen LogP contribution in [0.2, 0.25) is 0 Å². The summed E-state index contributed by atoms with van der Waals surface area (Å²) in [5.74, 6) is 10.1. The van der Waals surface area contributed by atoms with E-state index in [1.807, 2.05) is 0 Å². The molecule has 0 bridgehead atoms. The van der Waals surface area contributed by atoms with Gasteiger partial charge in [0.15, 0.2) is 0 Å². The summed E-state index contributed by atoms with van der Waals surface area (Å²) in [6.45, 7) is 45.8. The molecule has 0 aromatic rings. The predicted octanol–water partition coefficient (Wildman–Crippen LogP) is 20.9. The standard InChI is InChI=1S/2C8H16.C7H14.2C6H12.C6H14.C5H10.2C5H12/c1-7-5-4-6-8(7,2)3;1-6-4-5-7(2)8(6)3;1-6-4-3-5-7(6)2;1-6-4-2-3-5-6;1-2-6-4-3-5-6;1-5-6(2,3)4;1-2-5-3-4-5;1-4-5(2)3;1-3-5-4-2/h7H,4-6H2,1-3H3;6-8H,4-5H2,1-3H3;6-7H,3-5H2,1-2H3;2*6H,2-5H2,1H3;5H2,1-4H3;5H,2-4H2,1H3;5H,4H2,1-3H3;3-5H2,1-2H3/t7-;;6-,7?;;;;;;/m1.1....../s1. The fourth-order valence-electron chi connectivity index (χ4n) is 7.35. The fraction of sp³-hybridized carbons (Fsp3) is 1.00. The van der Waals surface area contributed by atoms with Crippen molar-refractivity contribution in [3.8, 4) is 0 Å². The smallest absolute Gasteiger partial charge is 0.0329 e. The first-order valence-electron chi connectivity index (χ1n) is 26.2. The van der Waals surface area contributed by atoms with E-state index in [-0.39, 0.29) is 0 Å². The fourth-order valence-corrected chi connectivity index (χ4v) is 7.35. The molecule has 0 spiro atoms. The van der Waals surface area contributed by atoms with Crippen LogP contribution in [0.3, 0.4) is 0 Å². The lowest BCUT2D eigenvalue weighted by Crippen LogP contribution is -2.13. The van der Waals surface area contributed by atoms with Crippen LogP contribution in [0.4, 0.5) is 0 Å². The van der Waals surface area contributed by atoms with Crippen molar-refractivity contribution in [2.24, 2.45) is 70.0 Å². The second-order valence-corrected chi connectivity index (χ2v) is 22.6. The molecule has 6 saturated carbocycles. The lowest BCUT2D eigenvalue weighted by Gasteiger charge is -2.22. The Morgan fingerprint density at radius 3 is 0.964 bits per heavy atom. The molecule has 0 heteroatoms. The maximum absolute atomic E-state index is 2.38. The molecule has 5 atom stereocenters. The van der Waals surface area contributed by atoms with E-state index in [4.69, 9.17) is 0 Å². The monoisotopic (exact) mass is 791 g/mol. The molecule has 342 valence electrons. The molecule has 0 radical (unpaired) electrons. The van der Waals surface area contributed by atoms with Gasteiger partial charge in [-0.3, -0.25) is 0 Å². The van der Waals surface area contributed by atoms with Crippen LogP contribution in [0.15, 0.2) is 0 Å². The van der Waals surface area contributed by atoms with E-state index < -0.39 is 0 Å². The molecule has 0 aromatic heterocycles. The zero-order valence-electron chi connectivity index (χ0n) is 43.7. The van der Waals surface area contributed by atoms with Crippen LogP contribution in [0, 0.1) is 70.0 Å². The predicted molar refractivity (Wildman–Crippen MR) is 264 cm³/mol. The number of unbranched alkanes of at least 4 members (excludes halogenated alkanes) is 2. The van der Waals surface area contributed by atoms with Gasteiger partial charge in [0.1, 0.15) is 0 Å². The SMILES string of the molecule is CC1CCC(C)C1C.CC1CCCC1.CC1CCC[C@H]1C.CCC(C)(C)C.CCC(C)C.CCC1CC1.CCC1CCC1.CCCCC.C[C@@H]1CCCC1(C)C. The third kappa shape index (κ3) is 38.2. The summed E-state index contributed by atoms with van der Waals surface area (Å²) in [5, 5.41) is 0. The lowest BCUT2D eigenvalue weighted by molar-refractivity contribution is 0.281. The minimum absolute atomic E-state index is 0.542. The molecular formula is C56H118. The van der Waals surface area contributed by atoms with Gasteiger partial charge in [-0.1, -0.05) is 286 Å². The van der Waals surface area contributed by atoms with Gasteiger partial charge in [0.25, 0.3) is 0 Å². The van der Waals surface area contributed by atoms with Crippen LogP contribution in [-0.2, 0) is 0 Å². The molecule has 0 heterocycles. The first-order valence-corrected chi connectivity index (χ1v) is 26.2. The van der Waals surface area contributed by atoms with Gasteiger partial charge in [-0.05, 0) is 76.4 Å². The van der Waals surface area contributed by atoms with Gasteiger partial charge in [0.2, 0.25) is 0 Å². The third-order valence-electron chi connectivity index (χ3n) is 15.3. The largest absolute Gasteiger partial charge is 0.0654 e. The second-order valence-electron chi connectivity index (χ2n) is 22.6. The molecule has 0 N–H and O–H groups in total. The van der Waals surface area contributed by atoms with Gasteiger partial charge in [-0.2, -0.15) is 0 Å². The molecular weight excluding hydrogens is 673 g/mol. The molecule has 0 aromatic carbocycles. The summed E-state index contributed by atoms with van der Waals surface area (Å²) in [7, 11) is 0. The quantitative estimate of drug-likeness (QED) is 0.260.